The molecule has 0 aliphatic heterocycles. The molecule has 1 aliphatic rings. The van der Waals surface area contributed by atoms with Gasteiger partial charge < -0.3 is 5.32 Å². The molecule has 0 amide bonds. The van der Waals surface area contributed by atoms with E-state index in [0.717, 1.165) is 25.1 Å². The van der Waals surface area contributed by atoms with Gasteiger partial charge in [-0.05, 0) is 32.3 Å². The summed E-state index contributed by atoms with van der Waals surface area (Å²) in [6.45, 7) is 8.12. The van der Waals surface area contributed by atoms with E-state index in [4.69, 9.17) is 0 Å². The first kappa shape index (κ1) is 11.8. The van der Waals surface area contributed by atoms with Gasteiger partial charge in [-0.2, -0.15) is 0 Å². The predicted molar refractivity (Wildman–Crippen MR) is 63.4 cm³/mol. The van der Waals surface area contributed by atoms with E-state index < -0.39 is 0 Å². The highest BCUT2D eigenvalue weighted by atomic mass is 16.1. The number of hydrogen-bond acceptors (Lipinski definition) is 2. The minimum Gasteiger partial charge on any atom is -0.384 e. The molecule has 0 aromatic carbocycles. The largest absolute Gasteiger partial charge is 0.384 e. The van der Waals surface area contributed by atoms with Crippen molar-refractivity contribution in [2.24, 2.45) is 5.92 Å². The Kier molecular flexibility index (Phi) is 4.35. The lowest BCUT2D eigenvalue weighted by Crippen LogP contribution is -2.23. The zero-order chi connectivity index (χ0) is 11.3. The van der Waals surface area contributed by atoms with Gasteiger partial charge in [0.05, 0.1) is 5.92 Å². The minimum atomic E-state index is -0.0989. The van der Waals surface area contributed by atoms with Crippen molar-refractivity contribution in [3.05, 3.63) is 36.1 Å². The fourth-order valence-corrected chi connectivity index (χ4v) is 1.41. The fourth-order valence-electron chi connectivity index (χ4n) is 1.41. The highest BCUT2D eigenvalue weighted by Crippen LogP contribution is 2.11. The van der Waals surface area contributed by atoms with E-state index >= 15 is 0 Å². The molecule has 0 aromatic rings. The maximum atomic E-state index is 11.1. The Morgan fingerprint density at radius 1 is 1.60 bits per heavy atom. The van der Waals surface area contributed by atoms with Crippen LogP contribution in [0.3, 0.4) is 0 Å². The third kappa shape index (κ3) is 3.74. The molecule has 0 saturated carbocycles. The van der Waals surface area contributed by atoms with Gasteiger partial charge in [-0.3, -0.25) is 4.79 Å². The molecule has 0 heterocycles. The fraction of sp³-hybridized carbons (Fsp3) is 0.462. The Balaban J connectivity index is 2.37. The lowest BCUT2D eigenvalue weighted by atomic mass is 10.0. The van der Waals surface area contributed by atoms with Crippen molar-refractivity contribution in [2.75, 3.05) is 6.54 Å². The molecule has 15 heavy (non-hydrogen) atoms. The number of Topliss-reactive ketones (excluding diaryl/α,β-unsaturated/α-hetero) is 1. The Morgan fingerprint density at radius 3 is 2.87 bits per heavy atom. The summed E-state index contributed by atoms with van der Waals surface area (Å²) >= 11 is 0. The molecule has 1 N–H and O–H groups in total. The molecule has 82 valence electrons. The van der Waals surface area contributed by atoms with E-state index in [1.54, 1.807) is 6.92 Å². The first-order chi connectivity index (χ1) is 7.11. The van der Waals surface area contributed by atoms with Crippen LogP contribution in [0.25, 0.3) is 0 Å². The Morgan fingerprint density at radius 2 is 2.33 bits per heavy atom. The summed E-state index contributed by atoms with van der Waals surface area (Å²) in [6.07, 6.45) is 8.77. The van der Waals surface area contributed by atoms with Gasteiger partial charge in [0.1, 0.15) is 5.78 Å². The molecule has 2 heteroatoms. The molecule has 1 aliphatic carbocycles. The quantitative estimate of drug-likeness (QED) is 0.747. The summed E-state index contributed by atoms with van der Waals surface area (Å²) in [5, 5.41) is 3.20. The molecule has 2 nitrogen and oxygen atoms in total. The van der Waals surface area contributed by atoms with E-state index in [-0.39, 0.29) is 11.7 Å². The zero-order valence-corrected chi connectivity index (χ0v) is 9.55. The van der Waals surface area contributed by atoms with Crippen molar-refractivity contribution in [3.8, 4) is 0 Å². The average molecular weight is 205 g/mol. The van der Waals surface area contributed by atoms with Crippen LogP contribution in [-0.4, -0.2) is 12.3 Å². The molecular weight excluding hydrogens is 186 g/mol. The van der Waals surface area contributed by atoms with Crippen LogP contribution in [0.1, 0.15) is 26.7 Å². The molecule has 0 spiro atoms. The lowest BCUT2D eigenvalue weighted by molar-refractivity contribution is -0.119. The molecule has 1 atom stereocenters. The maximum absolute atomic E-state index is 11.1. The second-order valence-electron chi connectivity index (χ2n) is 3.97. The third-order valence-electron chi connectivity index (χ3n) is 2.72. The Labute approximate surface area is 91.8 Å². The van der Waals surface area contributed by atoms with E-state index in [9.17, 15) is 4.79 Å². The number of hydrogen-bond donors (Lipinski definition) is 1. The van der Waals surface area contributed by atoms with E-state index in [1.165, 1.54) is 5.57 Å². The van der Waals surface area contributed by atoms with Crippen molar-refractivity contribution < 1.29 is 4.79 Å². The molecule has 0 aromatic heterocycles. The summed E-state index contributed by atoms with van der Waals surface area (Å²) in [5.41, 5.74) is 2.08. The second-order valence-corrected chi connectivity index (χ2v) is 3.97. The lowest BCUT2D eigenvalue weighted by Gasteiger charge is -2.15. The summed E-state index contributed by atoms with van der Waals surface area (Å²) in [6, 6.07) is 0. The van der Waals surface area contributed by atoms with Crippen LogP contribution in [-0.2, 0) is 4.79 Å². The first-order valence-electron chi connectivity index (χ1n) is 5.40. The first-order valence-corrected chi connectivity index (χ1v) is 5.40. The van der Waals surface area contributed by atoms with E-state index in [2.05, 4.69) is 30.1 Å². The predicted octanol–water partition coefficient (Wildman–Crippen LogP) is 2.59. The van der Waals surface area contributed by atoms with Crippen LogP contribution in [0.5, 0.6) is 0 Å². The minimum absolute atomic E-state index is 0.0989. The summed E-state index contributed by atoms with van der Waals surface area (Å²) in [5.74, 6) is 0.0545. The van der Waals surface area contributed by atoms with E-state index in [1.807, 2.05) is 6.92 Å². The van der Waals surface area contributed by atoms with Crippen LogP contribution in [0.4, 0.5) is 0 Å². The standard InChI is InChI=1S/C13H19NO/c1-10(12(3)15)11(2)14-9-13-7-5-4-6-8-13/h5,7-8,10,14H,2,4,6,9H2,1,3H3. The highest BCUT2D eigenvalue weighted by Gasteiger charge is 2.11. The van der Waals surface area contributed by atoms with Gasteiger partial charge in [-0.1, -0.05) is 24.8 Å². The monoisotopic (exact) mass is 205 g/mol. The molecular formula is C13H19NO. The molecule has 0 fully saturated rings. The number of allylic oxidation sites excluding steroid dienone is 3. The van der Waals surface area contributed by atoms with Gasteiger partial charge in [0.25, 0.3) is 0 Å². The molecule has 0 radical (unpaired) electrons. The normalized spacial score (nSPS) is 16.8. The van der Waals surface area contributed by atoms with Gasteiger partial charge in [0.2, 0.25) is 0 Å². The maximum Gasteiger partial charge on any atom is 0.138 e. The van der Waals surface area contributed by atoms with Crippen LogP contribution < -0.4 is 5.32 Å². The molecule has 0 saturated heterocycles. The summed E-state index contributed by atoms with van der Waals surface area (Å²) in [7, 11) is 0. The van der Waals surface area contributed by atoms with Crippen LogP contribution >= 0.6 is 0 Å². The van der Waals surface area contributed by atoms with Gasteiger partial charge in [-0.15, -0.1) is 0 Å². The molecule has 1 rings (SSSR count). The van der Waals surface area contributed by atoms with Gasteiger partial charge >= 0.3 is 0 Å². The molecule has 0 bridgehead atoms. The van der Waals surface area contributed by atoms with Crippen LogP contribution in [0.2, 0.25) is 0 Å². The van der Waals surface area contributed by atoms with Gasteiger partial charge in [0, 0.05) is 12.2 Å². The van der Waals surface area contributed by atoms with Crippen molar-refractivity contribution in [2.45, 2.75) is 26.7 Å². The summed E-state index contributed by atoms with van der Waals surface area (Å²) < 4.78 is 0. The topological polar surface area (TPSA) is 29.1 Å². The SMILES string of the molecule is C=C(NCC1=CCCC=C1)C(C)C(C)=O. The number of nitrogens with one attached hydrogen (secondary N) is 1. The van der Waals surface area contributed by atoms with Crippen LogP contribution in [0.15, 0.2) is 36.1 Å². The average Bonchev–Trinajstić information content (AvgIpc) is 2.26. The summed E-state index contributed by atoms with van der Waals surface area (Å²) in [4.78, 5) is 11.1. The number of ketones is 1. The number of rotatable bonds is 5. The Bertz CT molecular complexity index is 312. The van der Waals surface area contributed by atoms with Crippen molar-refractivity contribution in [3.63, 3.8) is 0 Å². The third-order valence-corrected chi connectivity index (χ3v) is 2.72. The van der Waals surface area contributed by atoms with Gasteiger partial charge in [-0.25, -0.2) is 0 Å². The molecule has 1 unspecified atom stereocenters. The highest BCUT2D eigenvalue weighted by molar-refractivity contribution is 5.80. The Hall–Kier alpha value is -1.31. The number of carbonyl (C=O) groups is 1. The number of carbonyl (C=O) groups excluding carboxylic acids is 1. The van der Waals surface area contributed by atoms with E-state index in [0.29, 0.717) is 0 Å². The van der Waals surface area contributed by atoms with Crippen molar-refractivity contribution >= 4 is 5.78 Å². The van der Waals surface area contributed by atoms with Crippen LogP contribution in [0, 0.1) is 5.92 Å². The van der Waals surface area contributed by atoms with Crippen molar-refractivity contribution in [1.82, 2.24) is 5.32 Å². The van der Waals surface area contributed by atoms with Gasteiger partial charge in [0.15, 0.2) is 0 Å². The second kappa shape index (κ2) is 5.54. The smallest absolute Gasteiger partial charge is 0.138 e. The zero-order valence-electron chi connectivity index (χ0n) is 9.55. The van der Waals surface area contributed by atoms with Crippen molar-refractivity contribution in [1.29, 1.82) is 0 Å².